The Balaban J connectivity index is 0.00000180. The van der Waals surface area contributed by atoms with Gasteiger partial charge in [0.25, 0.3) is 0 Å². The summed E-state index contributed by atoms with van der Waals surface area (Å²) in [5, 5.41) is 4.69. The van der Waals surface area contributed by atoms with E-state index in [1.165, 1.54) is 21.9 Å². The molecule has 5 aromatic rings. The third-order valence-electron chi connectivity index (χ3n) is 4.92. The van der Waals surface area contributed by atoms with Gasteiger partial charge in [0.1, 0.15) is 11.3 Å². The van der Waals surface area contributed by atoms with E-state index in [9.17, 15) is 0 Å². The van der Waals surface area contributed by atoms with Crippen LogP contribution >= 0.6 is 12.4 Å². The van der Waals surface area contributed by atoms with Crippen molar-refractivity contribution in [3.8, 4) is 16.9 Å². The monoisotopic (exact) mass is 371 g/mol. The van der Waals surface area contributed by atoms with Gasteiger partial charge in [-0.2, -0.15) is 0 Å². The average molecular weight is 372 g/mol. The predicted molar refractivity (Wildman–Crippen MR) is 116 cm³/mol. The van der Waals surface area contributed by atoms with Crippen molar-refractivity contribution in [2.24, 2.45) is 0 Å². The normalized spacial score (nSPS) is 10.9. The maximum absolute atomic E-state index is 5.59. The number of ether oxygens (including phenoxy) is 1. The lowest BCUT2D eigenvalue weighted by molar-refractivity contribution is 0.419. The molecule has 0 atom stereocenters. The van der Waals surface area contributed by atoms with Crippen LogP contribution in [0.1, 0.15) is 0 Å². The van der Waals surface area contributed by atoms with Crippen LogP contribution in [0.25, 0.3) is 43.7 Å². The highest BCUT2D eigenvalue weighted by Crippen LogP contribution is 2.39. The van der Waals surface area contributed by atoms with Crippen molar-refractivity contribution in [1.82, 2.24) is 4.98 Å². The van der Waals surface area contributed by atoms with Crippen LogP contribution in [0, 0.1) is 0 Å². The van der Waals surface area contributed by atoms with E-state index in [-0.39, 0.29) is 12.4 Å². The Hall–Kier alpha value is -3.10. The molecular formula is C24H18ClNO. The number of para-hydroxylation sites is 1. The minimum Gasteiger partial charge on any atom is -0.494 e. The van der Waals surface area contributed by atoms with Crippen LogP contribution in [-0.2, 0) is 0 Å². The zero-order chi connectivity index (χ0) is 17.5. The largest absolute Gasteiger partial charge is 0.494 e. The number of rotatable bonds is 2. The van der Waals surface area contributed by atoms with E-state index in [0.29, 0.717) is 0 Å². The van der Waals surface area contributed by atoms with Gasteiger partial charge in [-0.05, 0) is 34.5 Å². The van der Waals surface area contributed by atoms with Crippen LogP contribution in [0.2, 0.25) is 0 Å². The molecule has 0 radical (unpaired) electrons. The topological polar surface area (TPSA) is 22.1 Å². The number of nitrogens with zero attached hydrogens (tertiary/aromatic N) is 1. The molecular weight excluding hydrogens is 354 g/mol. The molecule has 2 nitrogen and oxygen atoms in total. The van der Waals surface area contributed by atoms with Crippen molar-refractivity contribution in [3.05, 3.63) is 84.9 Å². The van der Waals surface area contributed by atoms with Gasteiger partial charge in [0.05, 0.1) is 12.6 Å². The summed E-state index contributed by atoms with van der Waals surface area (Å²) in [5.74, 6) is 0.801. The first kappa shape index (κ1) is 17.3. The van der Waals surface area contributed by atoms with E-state index < -0.39 is 0 Å². The van der Waals surface area contributed by atoms with Gasteiger partial charge in [-0.25, -0.2) is 4.98 Å². The first-order valence-electron chi connectivity index (χ1n) is 8.70. The van der Waals surface area contributed by atoms with Gasteiger partial charge in [-0.15, -0.1) is 12.4 Å². The van der Waals surface area contributed by atoms with Crippen molar-refractivity contribution < 1.29 is 4.74 Å². The lowest BCUT2D eigenvalue weighted by Gasteiger charge is -2.14. The minimum atomic E-state index is 0. The van der Waals surface area contributed by atoms with Crippen LogP contribution in [0.3, 0.4) is 0 Å². The highest BCUT2D eigenvalue weighted by Gasteiger charge is 2.14. The number of pyridine rings is 1. The second-order valence-electron chi connectivity index (χ2n) is 6.43. The highest BCUT2D eigenvalue weighted by atomic mass is 35.5. The number of benzene rings is 4. The van der Waals surface area contributed by atoms with Crippen LogP contribution in [-0.4, -0.2) is 12.1 Å². The Morgan fingerprint density at radius 3 is 2.15 bits per heavy atom. The third-order valence-corrected chi connectivity index (χ3v) is 4.92. The maximum atomic E-state index is 5.59. The van der Waals surface area contributed by atoms with Crippen LogP contribution < -0.4 is 4.74 Å². The van der Waals surface area contributed by atoms with Gasteiger partial charge >= 0.3 is 0 Å². The van der Waals surface area contributed by atoms with Crippen molar-refractivity contribution in [2.45, 2.75) is 0 Å². The van der Waals surface area contributed by atoms with E-state index in [1.54, 1.807) is 7.11 Å². The van der Waals surface area contributed by atoms with E-state index in [4.69, 9.17) is 9.72 Å². The molecule has 132 valence electrons. The summed E-state index contributed by atoms with van der Waals surface area (Å²) in [4.78, 5) is 4.96. The standard InChI is InChI=1S/C24H17NO.ClH/c1-26-22-13-7-12-19-23(16-8-3-2-4-9-16)20-14-17-10-5-6-11-18(17)15-21(20)25-24(19)22;/h2-15H,1H3;1H. The highest BCUT2D eigenvalue weighted by molar-refractivity contribution is 6.13. The van der Waals surface area contributed by atoms with E-state index in [0.717, 1.165) is 27.6 Å². The third kappa shape index (κ3) is 2.79. The molecule has 0 N–H and O–H groups in total. The molecule has 1 aromatic heterocycles. The Bertz CT molecular complexity index is 1270. The summed E-state index contributed by atoms with van der Waals surface area (Å²) in [6.07, 6.45) is 0. The fourth-order valence-electron chi connectivity index (χ4n) is 3.71. The molecule has 3 heteroatoms. The van der Waals surface area contributed by atoms with Crippen molar-refractivity contribution >= 4 is 45.0 Å². The zero-order valence-corrected chi connectivity index (χ0v) is 15.7. The summed E-state index contributed by atoms with van der Waals surface area (Å²) >= 11 is 0. The van der Waals surface area contributed by atoms with Crippen molar-refractivity contribution in [3.63, 3.8) is 0 Å². The molecule has 0 aliphatic rings. The second-order valence-corrected chi connectivity index (χ2v) is 6.43. The SMILES string of the molecule is COc1cccc2c(-c3ccccc3)c3cc4ccccc4cc3nc12.Cl. The molecule has 0 spiro atoms. The number of aromatic nitrogens is 1. The quantitative estimate of drug-likeness (QED) is 0.324. The summed E-state index contributed by atoms with van der Waals surface area (Å²) < 4.78 is 5.59. The van der Waals surface area contributed by atoms with Gasteiger partial charge in [0, 0.05) is 16.3 Å². The Labute approximate surface area is 163 Å². The summed E-state index contributed by atoms with van der Waals surface area (Å²) in [6.45, 7) is 0. The van der Waals surface area contributed by atoms with Crippen LogP contribution in [0.15, 0.2) is 84.9 Å². The first-order chi connectivity index (χ1) is 12.8. The molecule has 0 bridgehead atoms. The molecule has 0 unspecified atom stereocenters. The van der Waals surface area contributed by atoms with Crippen LogP contribution in [0.4, 0.5) is 0 Å². The van der Waals surface area contributed by atoms with Gasteiger partial charge in [-0.3, -0.25) is 0 Å². The molecule has 0 fully saturated rings. The zero-order valence-electron chi connectivity index (χ0n) is 14.8. The van der Waals surface area contributed by atoms with Gasteiger partial charge in [0.2, 0.25) is 0 Å². The fourth-order valence-corrected chi connectivity index (χ4v) is 3.71. The molecule has 0 amide bonds. The van der Waals surface area contributed by atoms with Crippen molar-refractivity contribution in [1.29, 1.82) is 0 Å². The maximum Gasteiger partial charge on any atom is 0.145 e. The minimum absolute atomic E-state index is 0. The molecule has 4 aromatic carbocycles. The molecule has 5 rings (SSSR count). The molecule has 27 heavy (non-hydrogen) atoms. The Morgan fingerprint density at radius 1 is 0.704 bits per heavy atom. The average Bonchev–Trinajstić information content (AvgIpc) is 2.70. The summed E-state index contributed by atoms with van der Waals surface area (Å²) in [6, 6.07) is 29.5. The number of methoxy groups -OCH3 is 1. The van der Waals surface area contributed by atoms with E-state index in [1.807, 2.05) is 18.2 Å². The summed E-state index contributed by atoms with van der Waals surface area (Å²) in [7, 11) is 1.70. The number of hydrogen-bond acceptors (Lipinski definition) is 2. The van der Waals surface area contributed by atoms with E-state index >= 15 is 0 Å². The predicted octanol–water partition coefficient (Wildman–Crippen LogP) is 6.64. The smallest absolute Gasteiger partial charge is 0.145 e. The van der Waals surface area contributed by atoms with Crippen molar-refractivity contribution in [2.75, 3.05) is 7.11 Å². The fraction of sp³-hybridized carbons (Fsp3) is 0.0417. The molecule has 0 saturated carbocycles. The number of hydrogen-bond donors (Lipinski definition) is 0. The molecule has 0 aliphatic heterocycles. The first-order valence-corrected chi connectivity index (χ1v) is 8.70. The molecule has 1 heterocycles. The van der Waals surface area contributed by atoms with Gasteiger partial charge in [-0.1, -0.05) is 66.7 Å². The number of fused-ring (bicyclic) bond motifs is 3. The van der Waals surface area contributed by atoms with Gasteiger partial charge < -0.3 is 4.74 Å². The van der Waals surface area contributed by atoms with Gasteiger partial charge in [0.15, 0.2) is 0 Å². The van der Waals surface area contributed by atoms with E-state index in [2.05, 4.69) is 66.7 Å². The lowest BCUT2D eigenvalue weighted by atomic mass is 9.94. The Kier molecular flexibility index (Phi) is 4.43. The number of halogens is 1. The molecule has 0 saturated heterocycles. The Morgan fingerprint density at radius 2 is 1.41 bits per heavy atom. The summed E-state index contributed by atoms with van der Waals surface area (Å²) in [5.41, 5.74) is 4.28. The van der Waals surface area contributed by atoms with Crippen LogP contribution in [0.5, 0.6) is 5.75 Å². The molecule has 0 aliphatic carbocycles. The second kappa shape index (κ2) is 6.90. The lowest BCUT2D eigenvalue weighted by Crippen LogP contribution is -1.93.